The van der Waals surface area contributed by atoms with Crippen LogP contribution in [-0.2, 0) is 9.59 Å². The van der Waals surface area contributed by atoms with Gasteiger partial charge in [-0.1, -0.05) is 29.8 Å². The predicted molar refractivity (Wildman–Crippen MR) is 64.8 cm³/mol. The number of carbonyl (C=O) groups is 2. The summed E-state index contributed by atoms with van der Waals surface area (Å²) in [5.74, 6) is -1.63. The quantitative estimate of drug-likeness (QED) is 0.808. The normalized spacial score (nSPS) is 12.4. The Kier molecular flexibility index (Phi) is 4.72. The van der Waals surface area contributed by atoms with Gasteiger partial charge >= 0.3 is 5.97 Å². The third-order valence-corrected chi connectivity index (χ3v) is 2.45. The Labute approximate surface area is 104 Å². The maximum absolute atomic E-state index is 11.3. The summed E-state index contributed by atoms with van der Waals surface area (Å²) in [5.41, 5.74) is 0.784. The molecule has 0 aliphatic rings. The molecule has 90 valence electrons. The van der Waals surface area contributed by atoms with Gasteiger partial charge in [-0.25, -0.2) is 4.79 Å². The van der Waals surface area contributed by atoms with Gasteiger partial charge in [0.05, 0.1) is 6.04 Å². The van der Waals surface area contributed by atoms with Gasteiger partial charge < -0.3 is 10.4 Å². The standard InChI is InChI=1S/C12H12ClNO3/c1-8(9-4-2-3-5-10(9)13)14-11(15)6-7-12(16)17/h2-8H,1H3,(H,14,15)(H,16,17)/b7-6+/t8-/m0/s1. The summed E-state index contributed by atoms with van der Waals surface area (Å²) in [6.07, 6.45) is 1.75. The van der Waals surface area contributed by atoms with E-state index in [-0.39, 0.29) is 6.04 Å². The van der Waals surface area contributed by atoms with E-state index in [1.54, 1.807) is 25.1 Å². The molecule has 0 saturated carbocycles. The van der Waals surface area contributed by atoms with Gasteiger partial charge in [-0.05, 0) is 18.6 Å². The van der Waals surface area contributed by atoms with Crippen molar-refractivity contribution in [3.05, 3.63) is 47.0 Å². The number of rotatable bonds is 4. The zero-order valence-corrected chi connectivity index (χ0v) is 9.94. The topological polar surface area (TPSA) is 66.4 Å². The van der Waals surface area contributed by atoms with Crippen molar-refractivity contribution in [1.82, 2.24) is 5.32 Å². The molecule has 1 aromatic rings. The summed E-state index contributed by atoms with van der Waals surface area (Å²) in [7, 11) is 0. The summed E-state index contributed by atoms with van der Waals surface area (Å²) in [6.45, 7) is 1.77. The van der Waals surface area contributed by atoms with Crippen molar-refractivity contribution < 1.29 is 14.7 Å². The zero-order valence-electron chi connectivity index (χ0n) is 9.18. The molecule has 0 radical (unpaired) electrons. The highest BCUT2D eigenvalue weighted by atomic mass is 35.5. The molecule has 0 saturated heterocycles. The first kappa shape index (κ1) is 13.3. The first-order valence-corrected chi connectivity index (χ1v) is 5.34. The summed E-state index contributed by atoms with van der Waals surface area (Å²) in [6, 6.07) is 6.86. The Bertz CT molecular complexity index is 457. The zero-order chi connectivity index (χ0) is 12.8. The summed E-state index contributed by atoms with van der Waals surface area (Å²) < 4.78 is 0. The average Bonchev–Trinajstić information content (AvgIpc) is 2.26. The Hall–Kier alpha value is -1.81. The van der Waals surface area contributed by atoms with Crippen LogP contribution in [0.3, 0.4) is 0 Å². The van der Waals surface area contributed by atoms with Gasteiger partial charge in [-0.3, -0.25) is 4.79 Å². The van der Waals surface area contributed by atoms with Crippen molar-refractivity contribution in [2.24, 2.45) is 0 Å². The second-order valence-corrected chi connectivity index (χ2v) is 3.83. The van der Waals surface area contributed by atoms with Gasteiger partial charge in [-0.2, -0.15) is 0 Å². The number of hydrogen-bond acceptors (Lipinski definition) is 2. The molecular formula is C12H12ClNO3. The molecular weight excluding hydrogens is 242 g/mol. The Morgan fingerprint density at radius 3 is 2.59 bits per heavy atom. The van der Waals surface area contributed by atoms with Gasteiger partial charge in [0.15, 0.2) is 0 Å². The van der Waals surface area contributed by atoms with Crippen LogP contribution in [0.1, 0.15) is 18.5 Å². The lowest BCUT2D eigenvalue weighted by Gasteiger charge is -2.14. The molecule has 17 heavy (non-hydrogen) atoms. The van der Waals surface area contributed by atoms with Crippen LogP contribution in [0.25, 0.3) is 0 Å². The molecule has 0 heterocycles. The summed E-state index contributed by atoms with van der Waals surface area (Å²) >= 11 is 5.97. The summed E-state index contributed by atoms with van der Waals surface area (Å²) in [4.78, 5) is 21.6. The molecule has 2 N–H and O–H groups in total. The number of halogens is 1. The molecule has 0 spiro atoms. The van der Waals surface area contributed by atoms with E-state index < -0.39 is 11.9 Å². The fraction of sp³-hybridized carbons (Fsp3) is 0.167. The maximum Gasteiger partial charge on any atom is 0.328 e. The molecule has 0 fully saturated rings. The maximum atomic E-state index is 11.3. The number of carboxylic acids is 1. The fourth-order valence-corrected chi connectivity index (χ4v) is 1.61. The third kappa shape index (κ3) is 4.28. The molecule has 0 aromatic heterocycles. The number of nitrogens with one attached hydrogen (secondary N) is 1. The van der Waals surface area contributed by atoms with Crippen LogP contribution in [0, 0.1) is 0 Å². The minimum absolute atomic E-state index is 0.283. The van der Waals surface area contributed by atoms with Crippen LogP contribution in [0.4, 0.5) is 0 Å². The van der Waals surface area contributed by atoms with E-state index in [1.807, 2.05) is 6.07 Å². The van der Waals surface area contributed by atoms with Gasteiger partial charge in [0.2, 0.25) is 5.91 Å². The first-order valence-electron chi connectivity index (χ1n) is 4.96. The number of benzene rings is 1. The van der Waals surface area contributed by atoms with Crippen molar-refractivity contribution in [2.45, 2.75) is 13.0 Å². The smallest absolute Gasteiger partial charge is 0.328 e. The SMILES string of the molecule is C[C@H](NC(=O)/C=C/C(=O)O)c1ccccc1Cl. The lowest BCUT2D eigenvalue weighted by Crippen LogP contribution is -2.25. The average molecular weight is 254 g/mol. The van der Waals surface area contributed by atoms with E-state index in [1.165, 1.54) is 0 Å². The molecule has 0 aliphatic carbocycles. The van der Waals surface area contributed by atoms with Crippen molar-refractivity contribution in [3.63, 3.8) is 0 Å². The number of aliphatic carboxylic acids is 1. The number of carbonyl (C=O) groups excluding carboxylic acids is 1. The number of hydrogen-bond donors (Lipinski definition) is 2. The molecule has 1 amide bonds. The minimum atomic E-state index is -1.16. The van der Waals surface area contributed by atoms with Crippen LogP contribution in [-0.4, -0.2) is 17.0 Å². The highest BCUT2D eigenvalue weighted by molar-refractivity contribution is 6.31. The summed E-state index contributed by atoms with van der Waals surface area (Å²) in [5, 5.41) is 11.5. The molecule has 0 unspecified atom stereocenters. The van der Waals surface area contributed by atoms with Gasteiger partial charge in [0.1, 0.15) is 0 Å². The third-order valence-electron chi connectivity index (χ3n) is 2.11. The van der Waals surface area contributed by atoms with Crippen molar-refractivity contribution in [1.29, 1.82) is 0 Å². The van der Waals surface area contributed by atoms with E-state index in [2.05, 4.69) is 5.32 Å². The monoisotopic (exact) mass is 253 g/mol. The molecule has 1 rings (SSSR count). The molecule has 0 bridgehead atoms. The van der Waals surface area contributed by atoms with Crippen LogP contribution in [0.15, 0.2) is 36.4 Å². The second kappa shape index (κ2) is 6.06. The number of carboxylic acid groups (broad SMARTS) is 1. The minimum Gasteiger partial charge on any atom is -0.478 e. The van der Waals surface area contributed by atoms with Gasteiger partial charge in [0.25, 0.3) is 0 Å². The van der Waals surface area contributed by atoms with Crippen LogP contribution >= 0.6 is 11.6 Å². The van der Waals surface area contributed by atoms with Gasteiger partial charge in [0, 0.05) is 17.2 Å². The van der Waals surface area contributed by atoms with Gasteiger partial charge in [-0.15, -0.1) is 0 Å². The van der Waals surface area contributed by atoms with E-state index in [9.17, 15) is 9.59 Å². The highest BCUT2D eigenvalue weighted by Crippen LogP contribution is 2.21. The molecule has 1 atom stereocenters. The molecule has 5 heteroatoms. The van der Waals surface area contributed by atoms with Crippen LogP contribution in [0.2, 0.25) is 5.02 Å². The predicted octanol–water partition coefficient (Wildman–Crippen LogP) is 2.16. The van der Waals surface area contributed by atoms with Crippen molar-refractivity contribution in [2.75, 3.05) is 0 Å². The van der Waals surface area contributed by atoms with E-state index in [0.717, 1.165) is 17.7 Å². The first-order chi connectivity index (χ1) is 8.00. The Morgan fingerprint density at radius 1 is 1.35 bits per heavy atom. The van der Waals surface area contributed by atoms with E-state index in [0.29, 0.717) is 5.02 Å². The van der Waals surface area contributed by atoms with Crippen LogP contribution in [0.5, 0.6) is 0 Å². The highest BCUT2D eigenvalue weighted by Gasteiger charge is 2.10. The largest absolute Gasteiger partial charge is 0.478 e. The van der Waals surface area contributed by atoms with Crippen molar-refractivity contribution >= 4 is 23.5 Å². The van der Waals surface area contributed by atoms with Crippen molar-refractivity contribution in [3.8, 4) is 0 Å². The molecule has 1 aromatic carbocycles. The Balaban J connectivity index is 2.67. The lowest BCUT2D eigenvalue weighted by molar-refractivity contribution is -0.131. The molecule has 0 aliphatic heterocycles. The Morgan fingerprint density at radius 2 is 2.00 bits per heavy atom. The lowest BCUT2D eigenvalue weighted by atomic mass is 10.1. The van der Waals surface area contributed by atoms with E-state index in [4.69, 9.17) is 16.7 Å². The number of amides is 1. The fourth-order valence-electron chi connectivity index (χ4n) is 1.31. The molecule has 4 nitrogen and oxygen atoms in total. The second-order valence-electron chi connectivity index (χ2n) is 3.42. The van der Waals surface area contributed by atoms with E-state index >= 15 is 0 Å². The van der Waals surface area contributed by atoms with Crippen LogP contribution < -0.4 is 5.32 Å².